The van der Waals surface area contributed by atoms with Gasteiger partial charge in [-0.15, -0.1) is 0 Å². The van der Waals surface area contributed by atoms with Crippen molar-refractivity contribution in [3.8, 4) is 0 Å². The van der Waals surface area contributed by atoms with Crippen molar-refractivity contribution in [2.45, 2.75) is 25.3 Å². The molecule has 0 atom stereocenters. The Labute approximate surface area is 96.5 Å². The standard InChI is InChI=1S/C12H12N4O/c17-12-15-9-6-14-11-8(4-5-13-11)10(9)16(12)7-2-1-3-7/h4-7H,1-3H2,(H,13,14)(H,15,17). The molecule has 4 rings (SSSR count). The van der Waals surface area contributed by atoms with E-state index in [9.17, 15) is 4.79 Å². The van der Waals surface area contributed by atoms with Gasteiger partial charge in [0.05, 0.1) is 17.2 Å². The lowest BCUT2D eigenvalue weighted by Gasteiger charge is -2.26. The van der Waals surface area contributed by atoms with Crippen LogP contribution in [0.3, 0.4) is 0 Å². The molecular formula is C12H12N4O. The zero-order valence-corrected chi connectivity index (χ0v) is 9.23. The Bertz CT molecular complexity index is 760. The van der Waals surface area contributed by atoms with Crippen LogP contribution in [0.4, 0.5) is 0 Å². The molecule has 17 heavy (non-hydrogen) atoms. The molecule has 2 N–H and O–H groups in total. The summed E-state index contributed by atoms with van der Waals surface area (Å²) in [5, 5.41) is 1.02. The molecule has 1 aliphatic carbocycles. The van der Waals surface area contributed by atoms with Gasteiger partial charge in [0, 0.05) is 17.6 Å². The first-order valence-electron chi connectivity index (χ1n) is 5.91. The van der Waals surface area contributed by atoms with E-state index in [0.29, 0.717) is 6.04 Å². The number of aromatic amines is 2. The van der Waals surface area contributed by atoms with Crippen LogP contribution < -0.4 is 5.69 Å². The van der Waals surface area contributed by atoms with Gasteiger partial charge in [0.2, 0.25) is 0 Å². The van der Waals surface area contributed by atoms with Gasteiger partial charge >= 0.3 is 5.69 Å². The molecule has 1 fully saturated rings. The van der Waals surface area contributed by atoms with Crippen molar-refractivity contribution < 1.29 is 0 Å². The fraction of sp³-hybridized carbons (Fsp3) is 0.333. The van der Waals surface area contributed by atoms with Crippen molar-refractivity contribution >= 4 is 22.1 Å². The summed E-state index contributed by atoms with van der Waals surface area (Å²) in [4.78, 5) is 22.3. The molecule has 3 aromatic rings. The SMILES string of the molecule is O=c1[nH]c2cnc3[nH]ccc3c2n1C1CCC1. The summed E-state index contributed by atoms with van der Waals surface area (Å²) in [6, 6.07) is 2.34. The zero-order valence-electron chi connectivity index (χ0n) is 9.23. The second-order valence-electron chi connectivity index (χ2n) is 4.65. The van der Waals surface area contributed by atoms with E-state index in [1.807, 2.05) is 16.8 Å². The molecule has 0 aliphatic heterocycles. The number of hydrogen-bond donors (Lipinski definition) is 2. The summed E-state index contributed by atoms with van der Waals surface area (Å²) >= 11 is 0. The average Bonchev–Trinajstić information content (AvgIpc) is 2.80. The Balaban J connectivity index is 2.18. The van der Waals surface area contributed by atoms with Gasteiger partial charge in [-0.3, -0.25) is 4.57 Å². The number of aromatic nitrogens is 4. The largest absolute Gasteiger partial charge is 0.346 e. The predicted molar refractivity (Wildman–Crippen MR) is 65.1 cm³/mol. The summed E-state index contributed by atoms with van der Waals surface area (Å²) in [7, 11) is 0. The number of nitrogens with one attached hydrogen (secondary N) is 2. The van der Waals surface area contributed by atoms with Crippen LogP contribution in [0.2, 0.25) is 0 Å². The molecule has 0 bridgehead atoms. The van der Waals surface area contributed by atoms with Crippen LogP contribution in [0, 0.1) is 0 Å². The van der Waals surface area contributed by atoms with Crippen LogP contribution in [0.25, 0.3) is 22.1 Å². The smallest absolute Gasteiger partial charge is 0.326 e. The average molecular weight is 228 g/mol. The van der Waals surface area contributed by atoms with E-state index in [-0.39, 0.29) is 5.69 Å². The number of H-pyrrole nitrogens is 2. The lowest BCUT2D eigenvalue weighted by molar-refractivity contribution is 0.314. The summed E-state index contributed by atoms with van der Waals surface area (Å²) in [6.07, 6.45) is 7.00. The Hall–Kier alpha value is -2.04. The van der Waals surface area contributed by atoms with Gasteiger partial charge < -0.3 is 9.97 Å². The monoisotopic (exact) mass is 228 g/mol. The maximum atomic E-state index is 12.0. The number of hydrogen-bond acceptors (Lipinski definition) is 2. The van der Waals surface area contributed by atoms with E-state index in [4.69, 9.17) is 0 Å². The molecule has 0 amide bonds. The zero-order chi connectivity index (χ0) is 11.4. The highest BCUT2D eigenvalue weighted by atomic mass is 16.1. The molecule has 0 radical (unpaired) electrons. The van der Waals surface area contributed by atoms with Gasteiger partial charge in [-0.05, 0) is 25.3 Å². The fourth-order valence-corrected chi connectivity index (χ4v) is 2.62. The minimum atomic E-state index is -0.0137. The first-order valence-corrected chi connectivity index (χ1v) is 5.91. The molecular weight excluding hydrogens is 216 g/mol. The lowest BCUT2D eigenvalue weighted by atomic mass is 9.93. The van der Waals surface area contributed by atoms with Crippen molar-refractivity contribution in [3.63, 3.8) is 0 Å². The van der Waals surface area contributed by atoms with Crippen LogP contribution in [0.15, 0.2) is 23.3 Å². The number of nitrogens with zero attached hydrogens (tertiary/aromatic N) is 2. The minimum Gasteiger partial charge on any atom is -0.346 e. The highest BCUT2D eigenvalue weighted by Crippen LogP contribution is 2.34. The fourth-order valence-electron chi connectivity index (χ4n) is 2.62. The summed E-state index contributed by atoms with van der Waals surface area (Å²) in [5.41, 5.74) is 2.64. The van der Waals surface area contributed by atoms with Crippen molar-refractivity contribution in [2.75, 3.05) is 0 Å². The molecule has 0 aromatic carbocycles. The van der Waals surface area contributed by atoms with Crippen molar-refractivity contribution in [2.24, 2.45) is 0 Å². The molecule has 5 nitrogen and oxygen atoms in total. The quantitative estimate of drug-likeness (QED) is 0.668. The summed E-state index contributed by atoms with van der Waals surface area (Å²) in [5.74, 6) is 0. The molecule has 0 spiro atoms. The maximum Gasteiger partial charge on any atom is 0.326 e. The molecule has 1 aliphatic rings. The van der Waals surface area contributed by atoms with Crippen LogP contribution in [0.5, 0.6) is 0 Å². The third-order valence-electron chi connectivity index (χ3n) is 3.70. The second kappa shape index (κ2) is 3.00. The lowest BCUT2D eigenvalue weighted by Crippen LogP contribution is -2.26. The van der Waals surface area contributed by atoms with Crippen molar-refractivity contribution in [1.29, 1.82) is 0 Å². The van der Waals surface area contributed by atoms with Crippen LogP contribution in [-0.4, -0.2) is 19.5 Å². The maximum absolute atomic E-state index is 12.0. The first kappa shape index (κ1) is 9.04. The highest BCUT2D eigenvalue weighted by molar-refractivity contribution is 6.00. The van der Waals surface area contributed by atoms with Gasteiger partial charge in [-0.2, -0.15) is 0 Å². The van der Waals surface area contributed by atoms with Crippen molar-refractivity contribution in [3.05, 3.63) is 28.9 Å². The second-order valence-corrected chi connectivity index (χ2v) is 4.65. The Morgan fingerprint density at radius 2 is 2.29 bits per heavy atom. The molecule has 0 saturated heterocycles. The summed E-state index contributed by atoms with van der Waals surface area (Å²) in [6.45, 7) is 0. The van der Waals surface area contributed by atoms with E-state index in [1.54, 1.807) is 6.20 Å². The normalized spacial score (nSPS) is 16.7. The van der Waals surface area contributed by atoms with E-state index >= 15 is 0 Å². The Morgan fingerprint density at radius 1 is 1.41 bits per heavy atom. The molecule has 1 saturated carbocycles. The van der Waals surface area contributed by atoms with Gasteiger partial charge in [0.25, 0.3) is 0 Å². The molecule has 86 valence electrons. The number of rotatable bonds is 1. The van der Waals surface area contributed by atoms with Gasteiger partial charge in [-0.1, -0.05) is 0 Å². The van der Waals surface area contributed by atoms with Gasteiger partial charge in [0.1, 0.15) is 5.65 Å². The predicted octanol–water partition coefficient (Wildman–Crippen LogP) is 1.93. The topological polar surface area (TPSA) is 66.5 Å². The van der Waals surface area contributed by atoms with Gasteiger partial charge in [0.15, 0.2) is 0 Å². The molecule has 3 aromatic heterocycles. The highest BCUT2D eigenvalue weighted by Gasteiger charge is 2.24. The molecule has 5 heteroatoms. The van der Waals surface area contributed by atoms with Crippen LogP contribution in [0.1, 0.15) is 25.3 Å². The number of imidazole rings is 1. The number of fused-ring (bicyclic) bond motifs is 3. The van der Waals surface area contributed by atoms with E-state index in [1.165, 1.54) is 6.42 Å². The third kappa shape index (κ3) is 1.08. The van der Waals surface area contributed by atoms with Crippen molar-refractivity contribution in [1.82, 2.24) is 19.5 Å². The van der Waals surface area contributed by atoms with E-state index < -0.39 is 0 Å². The van der Waals surface area contributed by atoms with Gasteiger partial charge in [-0.25, -0.2) is 9.78 Å². The van der Waals surface area contributed by atoms with E-state index in [0.717, 1.165) is 34.9 Å². The third-order valence-corrected chi connectivity index (χ3v) is 3.70. The summed E-state index contributed by atoms with van der Waals surface area (Å²) < 4.78 is 1.90. The Kier molecular flexibility index (Phi) is 1.59. The first-order chi connectivity index (χ1) is 8.34. The molecule has 0 unspecified atom stereocenters. The minimum absolute atomic E-state index is 0.0137. The van der Waals surface area contributed by atoms with Crippen LogP contribution in [-0.2, 0) is 0 Å². The van der Waals surface area contributed by atoms with E-state index in [2.05, 4.69) is 15.0 Å². The molecule has 3 heterocycles. The Morgan fingerprint density at radius 3 is 3.06 bits per heavy atom. The number of pyridine rings is 1. The van der Waals surface area contributed by atoms with Crippen LogP contribution >= 0.6 is 0 Å².